The Morgan fingerprint density at radius 3 is 2.15 bits per heavy atom. The van der Waals surface area contributed by atoms with Crippen molar-refractivity contribution in [1.29, 1.82) is 0 Å². The third-order valence-corrected chi connectivity index (χ3v) is 2.18. The fourth-order valence-electron chi connectivity index (χ4n) is 1.32. The molecule has 0 spiro atoms. The molecule has 1 atom stereocenters. The Labute approximate surface area is 116 Å². The fraction of sp³-hybridized carbons (Fsp3) is 0.636. The Morgan fingerprint density at radius 1 is 1.20 bits per heavy atom. The quantitative estimate of drug-likeness (QED) is 0.450. The number of carboxylic acids is 1. The summed E-state index contributed by atoms with van der Waals surface area (Å²) in [5.74, 6) is -2.60. The molecule has 0 saturated heterocycles. The van der Waals surface area contributed by atoms with E-state index >= 15 is 0 Å². The molecule has 0 aromatic rings. The molecule has 0 aliphatic rings. The van der Waals surface area contributed by atoms with Crippen molar-refractivity contribution in [2.75, 3.05) is 13.6 Å². The molecule has 0 bridgehead atoms. The van der Waals surface area contributed by atoms with Crippen LogP contribution in [-0.4, -0.2) is 59.5 Å². The first-order valence-corrected chi connectivity index (χ1v) is 5.95. The molecule has 0 radical (unpaired) electrons. The number of nitrogens with zero attached hydrogens (tertiary/aromatic N) is 1. The first-order valence-electron chi connectivity index (χ1n) is 5.95. The Hall–Kier alpha value is -2.32. The third-order valence-electron chi connectivity index (χ3n) is 2.18. The number of carbonyl (C=O) groups excluding carboxylic acids is 3. The third kappa shape index (κ3) is 7.19. The molecular weight excluding hydrogens is 268 g/mol. The maximum absolute atomic E-state index is 11.7. The summed E-state index contributed by atoms with van der Waals surface area (Å²) in [5.41, 5.74) is 4.89. The van der Waals surface area contributed by atoms with Crippen molar-refractivity contribution in [1.82, 2.24) is 15.5 Å². The van der Waals surface area contributed by atoms with Gasteiger partial charge in [0.25, 0.3) is 0 Å². The summed E-state index contributed by atoms with van der Waals surface area (Å²) >= 11 is 0. The van der Waals surface area contributed by atoms with Gasteiger partial charge < -0.3 is 26.4 Å². The lowest BCUT2D eigenvalue weighted by atomic mass is 10.2. The average molecular weight is 288 g/mol. The van der Waals surface area contributed by atoms with Gasteiger partial charge in [0.2, 0.25) is 11.8 Å². The number of hydrogen-bond acceptors (Lipinski definition) is 4. The highest BCUT2D eigenvalue weighted by Crippen LogP contribution is 1.95. The van der Waals surface area contributed by atoms with E-state index in [0.717, 1.165) is 4.90 Å². The molecule has 5 N–H and O–H groups in total. The van der Waals surface area contributed by atoms with Gasteiger partial charge in [0.1, 0.15) is 12.6 Å². The number of amides is 4. The molecule has 9 heteroatoms. The standard InChI is InChI=1S/C11H20N4O5/c1-6(2)13-9(17)5-15(3)11(20)14-7(10(18)19)4-8(12)16/h6-7H,4-5H2,1-3H3,(H2,12,16)(H,13,17)(H,14,20)(H,18,19)/t7-/m0/s1. The summed E-state index contributed by atoms with van der Waals surface area (Å²) in [6.45, 7) is 3.31. The number of hydrogen-bond donors (Lipinski definition) is 4. The van der Waals surface area contributed by atoms with Gasteiger partial charge >= 0.3 is 12.0 Å². The smallest absolute Gasteiger partial charge is 0.326 e. The lowest BCUT2D eigenvalue weighted by Crippen LogP contribution is -2.50. The van der Waals surface area contributed by atoms with E-state index in [4.69, 9.17) is 10.8 Å². The number of rotatable bonds is 7. The minimum absolute atomic E-state index is 0.0689. The first kappa shape index (κ1) is 17.7. The lowest BCUT2D eigenvalue weighted by Gasteiger charge is -2.21. The van der Waals surface area contributed by atoms with Crippen molar-refractivity contribution in [2.45, 2.75) is 32.4 Å². The van der Waals surface area contributed by atoms with Crippen LogP contribution in [0.1, 0.15) is 20.3 Å². The summed E-state index contributed by atoms with van der Waals surface area (Å²) in [7, 11) is 1.33. The van der Waals surface area contributed by atoms with E-state index in [1.807, 2.05) is 0 Å². The van der Waals surface area contributed by atoms with Gasteiger partial charge in [0.15, 0.2) is 0 Å². The molecule has 0 unspecified atom stereocenters. The first-order chi connectivity index (χ1) is 9.13. The minimum Gasteiger partial charge on any atom is -0.480 e. The molecule has 0 rings (SSSR count). The second-order valence-electron chi connectivity index (χ2n) is 4.59. The average Bonchev–Trinajstić information content (AvgIpc) is 2.25. The molecule has 0 saturated carbocycles. The number of nitrogens with two attached hydrogens (primary N) is 1. The number of carbonyl (C=O) groups is 4. The molecule has 114 valence electrons. The van der Waals surface area contributed by atoms with Crippen LogP contribution in [-0.2, 0) is 14.4 Å². The van der Waals surface area contributed by atoms with E-state index in [-0.39, 0.29) is 18.5 Å². The van der Waals surface area contributed by atoms with Crippen LogP contribution >= 0.6 is 0 Å². The number of aliphatic carboxylic acids is 1. The Balaban J connectivity index is 4.45. The van der Waals surface area contributed by atoms with Gasteiger partial charge in [-0.15, -0.1) is 0 Å². The van der Waals surface area contributed by atoms with Crippen LogP contribution in [0.4, 0.5) is 4.79 Å². The highest BCUT2D eigenvalue weighted by molar-refractivity contribution is 5.89. The van der Waals surface area contributed by atoms with Crippen LogP contribution in [0.5, 0.6) is 0 Å². The molecular formula is C11H20N4O5. The molecule has 20 heavy (non-hydrogen) atoms. The van der Waals surface area contributed by atoms with E-state index in [1.54, 1.807) is 13.8 Å². The Bertz CT molecular complexity index is 396. The minimum atomic E-state index is -1.42. The summed E-state index contributed by atoms with van der Waals surface area (Å²) in [6, 6.07) is -2.27. The van der Waals surface area contributed by atoms with Gasteiger partial charge in [-0.3, -0.25) is 9.59 Å². The van der Waals surface area contributed by atoms with E-state index in [9.17, 15) is 19.2 Å². The van der Waals surface area contributed by atoms with E-state index in [1.165, 1.54) is 7.05 Å². The van der Waals surface area contributed by atoms with Gasteiger partial charge in [0.05, 0.1) is 6.42 Å². The zero-order valence-corrected chi connectivity index (χ0v) is 11.7. The van der Waals surface area contributed by atoms with Gasteiger partial charge in [-0.25, -0.2) is 9.59 Å². The molecule has 0 fully saturated rings. The Kier molecular flexibility index (Phi) is 7.05. The SMILES string of the molecule is CC(C)NC(=O)CN(C)C(=O)N[C@@H](CC(N)=O)C(=O)O. The predicted molar refractivity (Wildman–Crippen MR) is 69.7 cm³/mol. The van der Waals surface area contributed by atoms with Crippen LogP contribution in [0.2, 0.25) is 0 Å². The van der Waals surface area contributed by atoms with Gasteiger partial charge in [-0.1, -0.05) is 0 Å². The highest BCUT2D eigenvalue weighted by atomic mass is 16.4. The van der Waals surface area contributed by atoms with Gasteiger partial charge in [-0.2, -0.15) is 0 Å². The van der Waals surface area contributed by atoms with E-state index < -0.39 is 30.4 Å². The zero-order chi connectivity index (χ0) is 15.9. The predicted octanol–water partition coefficient (Wildman–Crippen LogP) is -1.52. The van der Waals surface area contributed by atoms with Crippen molar-refractivity contribution >= 4 is 23.8 Å². The normalized spacial score (nSPS) is 11.6. The molecule has 0 aromatic carbocycles. The second-order valence-corrected chi connectivity index (χ2v) is 4.59. The van der Waals surface area contributed by atoms with Crippen LogP contribution in [0.25, 0.3) is 0 Å². The molecule has 4 amide bonds. The van der Waals surface area contributed by atoms with Crippen molar-refractivity contribution < 1.29 is 24.3 Å². The summed E-state index contributed by atoms with van der Waals surface area (Å²) in [6.07, 6.45) is -0.521. The number of nitrogens with one attached hydrogen (secondary N) is 2. The summed E-state index contributed by atoms with van der Waals surface area (Å²) < 4.78 is 0. The molecule has 0 heterocycles. The number of urea groups is 1. The van der Waals surface area contributed by atoms with Crippen molar-refractivity contribution in [2.24, 2.45) is 5.73 Å². The maximum atomic E-state index is 11.7. The van der Waals surface area contributed by atoms with Crippen molar-refractivity contribution in [3.63, 3.8) is 0 Å². The zero-order valence-electron chi connectivity index (χ0n) is 11.7. The van der Waals surface area contributed by atoms with Crippen LogP contribution in [0.15, 0.2) is 0 Å². The van der Waals surface area contributed by atoms with Gasteiger partial charge in [0, 0.05) is 13.1 Å². The largest absolute Gasteiger partial charge is 0.480 e. The van der Waals surface area contributed by atoms with E-state index in [2.05, 4.69) is 10.6 Å². The summed E-state index contributed by atoms with van der Waals surface area (Å²) in [5, 5.41) is 13.5. The van der Waals surface area contributed by atoms with Crippen molar-refractivity contribution in [3.8, 4) is 0 Å². The van der Waals surface area contributed by atoms with Crippen LogP contribution in [0, 0.1) is 0 Å². The second kappa shape index (κ2) is 7.97. The molecule has 9 nitrogen and oxygen atoms in total. The topological polar surface area (TPSA) is 142 Å². The molecule has 0 aliphatic heterocycles. The summed E-state index contributed by atoms with van der Waals surface area (Å²) in [4.78, 5) is 45.7. The molecule has 0 aliphatic carbocycles. The van der Waals surface area contributed by atoms with Crippen LogP contribution in [0.3, 0.4) is 0 Å². The van der Waals surface area contributed by atoms with Gasteiger partial charge in [-0.05, 0) is 13.8 Å². The lowest BCUT2D eigenvalue weighted by molar-refractivity contribution is -0.140. The number of likely N-dealkylation sites (N-methyl/N-ethyl adjacent to an activating group) is 1. The fourth-order valence-corrected chi connectivity index (χ4v) is 1.32. The maximum Gasteiger partial charge on any atom is 0.326 e. The molecule has 0 aromatic heterocycles. The number of primary amides is 1. The monoisotopic (exact) mass is 288 g/mol. The van der Waals surface area contributed by atoms with Crippen LogP contribution < -0.4 is 16.4 Å². The Morgan fingerprint density at radius 2 is 1.75 bits per heavy atom. The van der Waals surface area contributed by atoms with Crippen molar-refractivity contribution in [3.05, 3.63) is 0 Å². The highest BCUT2D eigenvalue weighted by Gasteiger charge is 2.24. The number of carboxylic acid groups (broad SMARTS) is 1. The van der Waals surface area contributed by atoms with E-state index in [0.29, 0.717) is 0 Å².